The van der Waals surface area contributed by atoms with Crippen molar-refractivity contribution in [1.29, 1.82) is 5.26 Å². The summed E-state index contributed by atoms with van der Waals surface area (Å²) in [6.45, 7) is 3.40. The number of nitrogens with zero attached hydrogens (tertiary/aromatic N) is 1. The van der Waals surface area contributed by atoms with E-state index in [1.807, 2.05) is 25.1 Å². The average Bonchev–Trinajstić information content (AvgIpc) is 2.70. The van der Waals surface area contributed by atoms with Crippen molar-refractivity contribution in [2.75, 3.05) is 22.1 Å². The molecule has 2 N–H and O–H groups in total. The number of hydrogen-bond donors (Lipinski definition) is 2. The molecule has 2 rings (SSSR count). The van der Waals surface area contributed by atoms with Gasteiger partial charge in [-0.2, -0.15) is 5.26 Å². The molecule has 0 aliphatic carbocycles. The van der Waals surface area contributed by atoms with Crippen LogP contribution in [0.3, 0.4) is 0 Å². The summed E-state index contributed by atoms with van der Waals surface area (Å²) in [5.74, 6) is -1.35. The molecule has 0 spiro atoms. The summed E-state index contributed by atoms with van der Waals surface area (Å²) >= 11 is 1.09. The Bertz CT molecular complexity index is 922. The van der Waals surface area contributed by atoms with E-state index in [-0.39, 0.29) is 17.4 Å². The number of carbonyl (C=O) groups excluding carboxylic acids is 3. The van der Waals surface area contributed by atoms with Crippen LogP contribution in [0.15, 0.2) is 48.5 Å². The highest BCUT2D eigenvalue weighted by Gasteiger charge is 2.19. The van der Waals surface area contributed by atoms with Gasteiger partial charge < -0.3 is 15.4 Å². The van der Waals surface area contributed by atoms with Gasteiger partial charge in [-0.1, -0.05) is 29.8 Å². The number of hydrogen-bond acceptors (Lipinski definition) is 6. The number of para-hydroxylation sites is 1. The van der Waals surface area contributed by atoms with Gasteiger partial charge in [0.05, 0.1) is 22.8 Å². The molecular weight excluding hydrogens is 390 g/mol. The Morgan fingerprint density at radius 3 is 2.45 bits per heavy atom. The molecule has 0 aromatic heterocycles. The van der Waals surface area contributed by atoms with E-state index in [1.54, 1.807) is 36.4 Å². The number of ether oxygens (including phenoxy) is 1. The third kappa shape index (κ3) is 7.31. The van der Waals surface area contributed by atoms with Gasteiger partial charge in [0.2, 0.25) is 5.91 Å². The first-order valence-electron chi connectivity index (χ1n) is 8.83. The average molecular weight is 411 g/mol. The van der Waals surface area contributed by atoms with E-state index in [2.05, 4.69) is 10.6 Å². The molecule has 0 radical (unpaired) electrons. The number of anilines is 2. The molecule has 1 atom stereocenters. The Labute approximate surface area is 173 Å². The zero-order valence-corrected chi connectivity index (χ0v) is 16.9. The molecule has 7 nitrogen and oxygen atoms in total. The molecule has 2 amide bonds. The standard InChI is InChI=1S/C21H21N3O4S/c1-14-7-9-17(10-8-14)23-19(25)12-29-13-20(26)28-15(2)21(27)24-18-6-4-3-5-16(18)11-22/h3-10,15H,12-13H2,1-2H3,(H,23,25)(H,24,27)/t15-/m1/s1. The number of thioether (sulfide) groups is 1. The first kappa shape index (κ1) is 22.0. The molecule has 0 saturated heterocycles. The predicted molar refractivity (Wildman–Crippen MR) is 112 cm³/mol. The van der Waals surface area contributed by atoms with E-state index in [4.69, 9.17) is 10.00 Å². The Balaban J connectivity index is 1.72. The third-order valence-electron chi connectivity index (χ3n) is 3.77. The van der Waals surface area contributed by atoms with E-state index in [0.29, 0.717) is 16.9 Å². The van der Waals surface area contributed by atoms with E-state index in [9.17, 15) is 14.4 Å². The third-order valence-corrected chi connectivity index (χ3v) is 4.68. The summed E-state index contributed by atoms with van der Waals surface area (Å²) in [4.78, 5) is 36.0. The Hall–Kier alpha value is -3.31. The van der Waals surface area contributed by atoms with Gasteiger partial charge >= 0.3 is 5.97 Å². The summed E-state index contributed by atoms with van der Waals surface area (Å²) in [6.07, 6.45) is -1.03. The van der Waals surface area contributed by atoms with Gasteiger partial charge in [0.1, 0.15) is 6.07 Å². The van der Waals surface area contributed by atoms with Crippen molar-refractivity contribution in [3.8, 4) is 6.07 Å². The van der Waals surface area contributed by atoms with Gasteiger partial charge in [-0.05, 0) is 38.1 Å². The number of nitrogens with one attached hydrogen (secondary N) is 2. The van der Waals surface area contributed by atoms with Crippen molar-refractivity contribution in [3.63, 3.8) is 0 Å². The first-order valence-corrected chi connectivity index (χ1v) is 9.98. The fourth-order valence-electron chi connectivity index (χ4n) is 2.27. The van der Waals surface area contributed by atoms with Crippen LogP contribution in [0.1, 0.15) is 18.1 Å². The lowest BCUT2D eigenvalue weighted by atomic mass is 10.2. The minimum atomic E-state index is -1.03. The molecule has 0 aliphatic rings. The Kier molecular flexibility index (Phi) is 8.25. The first-order chi connectivity index (χ1) is 13.9. The van der Waals surface area contributed by atoms with E-state index in [0.717, 1.165) is 17.3 Å². The van der Waals surface area contributed by atoms with Gasteiger partial charge in [0.15, 0.2) is 6.10 Å². The summed E-state index contributed by atoms with van der Waals surface area (Å²) in [5.41, 5.74) is 2.45. The minimum Gasteiger partial charge on any atom is -0.452 e. The van der Waals surface area contributed by atoms with Gasteiger partial charge in [0, 0.05) is 5.69 Å². The summed E-state index contributed by atoms with van der Waals surface area (Å²) < 4.78 is 5.08. The van der Waals surface area contributed by atoms with Crippen LogP contribution in [0.5, 0.6) is 0 Å². The van der Waals surface area contributed by atoms with Crippen LogP contribution >= 0.6 is 11.8 Å². The molecule has 2 aromatic rings. The molecule has 0 bridgehead atoms. The fourth-order valence-corrected chi connectivity index (χ4v) is 2.86. The lowest BCUT2D eigenvalue weighted by Gasteiger charge is -2.14. The zero-order chi connectivity index (χ0) is 21.2. The molecule has 0 saturated carbocycles. The van der Waals surface area contributed by atoms with Gasteiger partial charge in [-0.15, -0.1) is 11.8 Å². The minimum absolute atomic E-state index is 0.0618. The number of nitriles is 1. The lowest BCUT2D eigenvalue weighted by Crippen LogP contribution is -2.31. The summed E-state index contributed by atoms with van der Waals surface area (Å²) in [5, 5.41) is 14.3. The van der Waals surface area contributed by atoms with Gasteiger partial charge in [-0.3, -0.25) is 14.4 Å². The zero-order valence-electron chi connectivity index (χ0n) is 16.1. The van der Waals surface area contributed by atoms with Crippen LogP contribution in [-0.4, -0.2) is 35.4 Å². The highest BCUT2D eigenvalue weighted by molar-refractivity contribution is 8.00. The normalized spacial score (nSPS) is 11.1. The molecule has 150 valence electrons. The topological polar surface area (TPSA) is 108 Å². The molecule has 8 heteroatoms. The molecule has 29 heavy (non-hydrogen) atoms. The van der Waals surface area contributed by atoms with Crippen molar-refractivity contribution in [1.82, 2.24) is 0 Å². The van der Waals surface area contributed by atoms with Crippen LogP contribution in [0.4, 0.5) is 11.4 Å². The highest BCUT2D eigenvalue weighted by atomic mass is 32.2. The monoisotopic (exact) mass is 411 g/mol. The van der Waals surface area contributed by atoms with E-state index >= 15 is 0 Å². The second kappa shape index (κ2) is 10.9. The number of esters is 1. The van der Waals surface area contributed by atoms with Crippen LogP contribution in [-0.2, 0) is 19.1 Å². The van der Waals surface area contributed by atoms with Crippen LogP contribution in [0, 0.1) is 18.3 Å². The van der Waals surface area contributed by atoms with Crippen molar-refractivity contribution in [3.05, 3.63) is 59.7 Å². The second-order valence-electron chi connectivity index (χ2n) is 6.19. The maximum absolute atomic E-state index is 12.2. The van der Waals surface area contributed by atoms with Gasteiger partial charge in [0.25, 0.3) is 5.91 Å². The predicted octanol–water partition coefficient (Wildman–Crippen LogP) is 3.11. The van der Waals surface area contributed by atoms with Crippen LogP contribution in [0.2, 0.25) is 0 Å². The molecule has 0 heterocycles. The number of benzene rings is 2. The number of aryl methyl sites for hydroxylation is 1. The highest BCUT2D eigenvalue weighted by Crippen LogP contribution is 2.14. The van der Waals surface area contributed by atoms with E-state index < -0.39 is 18.0 Å². The Morgan fingerprint density at radius 2 is 1.76 bits per heavy atom. The van der Waals surface area contributed by atoms with E-state index in [1.165, 1.54) is 6.92 Å². The summed E-state index contributed by atoms with van der Waals surface area (Å²) in [6, 6.07) is 15.9. The van der Waals surface area contributed by atoms with Crippen molar-refractivity contribution in [2.45, 2.75) is 20.0 Å². The van der Waals surface area contributed by atoms with Crippen molar-refractivity contribution >= 4 is 40.9 Å². The number of rotatable bonds is 8. The number of amides is 2. The quantitative estimate of drug-likeness (QED) is 0.646. The van der Waals surface area contributed by atoms with Crippen molar-refractivity contribution < 1.29 is 19.1 Å². The maximum atomic E-state index is 12.2. The molecule has 2 aromatic carbocycles. The van der Waals surface area contributed by atoms with Crippen LogP contribution < -0.4 is 10.6 Å². The molecular formula is C21H21N3O4S. The Morgan fingerprint density at radius 1 is 1.07 bits per heavy atom. The lowest BCUT2D eigenvalue weighted by molar-refractivity contribution is -0.150. The van der Waals surface area contributed by atoms with Gasteiger partial charge in [-0.25, -0.2) is 0 Å². The van der Waals surface area contributed by atoms with Crippen molar-refractivity contribution in [2.24, 2.45) is 0 Å². The largest absolute Gasteiger partial charge is 0.452 e. The second-order valence-corrected chi connectivity index (χ2v) is 7.17. The van der Waals surface area contributed by atoms with Crippen LogP contribution in [0.25, 0.3) is 0 Å². The SMILES string of the molecule is Cc1ccc(NC(=O)CSCC(=O)O[C@H](C)C(=O)Nc2ccccc2C#N)cc1. The fraction of sp³-hybridized carbons (Fsp3) is 0.238. The maximum Gasteiger partial charge on any atom is 0.316 e. The number of carbonyl (C=O) groups is 3. The molecule has 0 unspecified atom stereocenters. The molecule has 0 aliphatic heterocycles. The smallest absolute Gasteiger partial charge is 0.316 e. The molecule has 0 fully saturated rings. The summed E-state index contributed by atoms with van der Waals surface area (Å²) in [7, 11) is 0.